The summed E-state index contributed by atoms with van der Waals surface area (Å²) in [5.74, 6) is 2.53. The minimum atomic E-state index is -0.584. The van der Waals surface area contributed by atoms with Gasteiger partial charge in [0.25, 0.3) is 5.91 Å². The maximum Gasteiger partial charge on any atom is 0.327 e. The quantitative estimate of drug-likeness (QED) is 0.121. The summed E-state index contributed by atoms with van der Waals surface area (Å²) in [5, 5.41) is 8.58. The molecule has 2 atom stereocenters. The second-order valence-corrected chi connectivity index (χ2v) is 10.6. The Hall–Kier alpha value is -3.56. The van der Waals surface area contributed by atoms with E-state index in [1.165, 1.54) is 51.2 Å². The molecule has 2 aromatic rings. The lowest BCUT2D eigenvalue weighted by atomic mass is 9.91. The number of nitrogens with one attached hydrogen (secondary N) is 2. The second-order valence-electron chi connectivity index (χ2n) is 9.66. The fourth-order valence-corrected chi connectivity index (χ4v) is 4.47. The lowest BCUT2D eigenvalue weighted by Gasteiger charge is -2.14. The van der Waals surface area contributed by atoms with Crippen LogP contribution in [0.15, 0.2) is 14.8 Å². The molecule has 0 bridgehead atoms. The van der Waals surface area contributed by atoms with Gasteiger partial charge in [0.15, 0.2) is 5.69 Å². The van der Waals surface area contributed by atoms with Crippen LogP contribution in [0.1, 0.15) is 100 Å². The Morgan fingerprint density at radius 1 is 1.21 bits per heavy atom. The van der Waals surface area contributed by atoms with E-state index in [0.29, 0.717) is 17.4 Å². The third-order valence-corrected chi connectivity index (χ3v) is 6.94. The van der Waals surface area contributed by atoms with E-state index < -0.39 is 17.9 Å². The van der Waals surface area contributed by atoms with Gasteiger partial charge in [-0.1, -0.05) is 39.5 Å². The summed E-state index contributed by atoms with van der Waals surface area (Å²) in [5.41, 5.74) is 0.714. The Morgan fingerprint density at radius 2 is 1.81 bits per heavy atom. The van der Waals surface area contributed by atoms with E-state index in [1.807, 2.05) is 19.4 Å². The number of oxazole rings is 1. The molecule has 12 heteroatoms. The average Bonchev–Trinajstić information content (AvgIpc) is 3.65. The first-order valence-electron chi connectivity index (χ1n) is 14.5. The number of amides is 1. The number of carbonyl (C=O) groups is 3. The van der Waals surface area contributed by atoms with E-state index in [1.54, 1.807) is 20.8 Å². The Kier molecular flexibility index (Phi) is 21.1. The largest absolute Gasteiger partial charge is 0.483 e. The van der Waals surface area contributed by atoms with Crippen LogP contribution in [0.5, 0.6) is 0 Å². The monoisotopic (exact) mass is 619 g/mol. The third kappa shape index (κ3) is 14.9. The fourth-order valence-electron chi connectivity index (χ4n) is 3.61. The molecule has 11 nitrogen and oxygen atoms in total. The van der Waals surface area contributed by atoms with Crippen LogP contribution >= 0.6 is 11.3 Å². The number of aromatic nitrogens is 2. The number of carbonyl (C=O) groups excluding carboxylic acids is 3. The van der Waals surface area contributed by atoms with Crippen molar-refractivity contribution in [3.63, 3.8) is 0 Å². The van der Waals surface area contributed by atoms with Gasteiger partial charge in [-0.05, 0) is 47.6 Å². The summed E-state index contributed by atoms with van der Waals surface area (Å²) in [6.07, 6.45) is 13.1. The Balaban J connectivity index is 0.00000104. The number of aryl methyl sites for hydroxylation is 1. The third-order valence-electron chi connectivity index (χ3n) is 5.92. The first-order chi connectivity index (χ1) is 20.6. The molecule has 0 spiro atoms. The number of rotatable bonds is 9. The Morgan fingerprint density at radius 3 is 2.30 bits per heavy atom. The van der Waals surface area contributed by atoms with E-state index in [4.69, 9.17) is 9.15 Å². The van der Waals surface area contributed by atoms with Crippen molar-refractivity contribution in [3.8, 4) is 23.9 Å². The van der Waals surface area contributed by atoms with Gasteiger partial charge in [-0.2, -0.15) is 0 Å². The summed E-state index contributed by atoms with van der Waals surface area (Å²) < 4.78 is 15.3. The standard InChI is InChI=1S/C18H25N5O5S.C7H12O.C3H8.C3H4/c1-9(16(27-6)20-7-13(24)26-5)21-15(25)14-11(3)28-17(23-14)12-8-29-18(22-12)10(2)19-4;8-6-7-4-2-1-3-5-7;2*1-3-2/h8-10,19H,7H2,1-6H3,(H,21,25);6-7H,1-5H2;3H2,1-2H3;1H,2H3. The molecule has 1 fully saturated rings. The number of hydrogen-bond acceptors (Lipinski definition) is 11. The molecule has 1 aliphatic rings. The molecule has 2 N–H and O–H groups in total. The van der Waals surface area contributed by atoms with Crippen LogP contribution < -0.4 is 10.6 Å². The van der Waals surface area contributed by atoms with Gasteiger partial charge >= 0.3 is 5.97 Å². The molecule has 2 heterocycles. The van der Waals surface area contributed by atoms with E-state index in [-0.39, 0.29) is 30.1 Å². The SMILES string of the molecule is C#CC.CCC.CNC(C)c1nc(-c2nc(C(=O)NC(C)C(=NCC(=O)OC)OC)c(C)o2)cs1.O=CC1CCCCC1. The first-order valence-corrected chi connectivity index (χ1v) is 15.3. The molecule has 0 aromatic carbocycles. The molecule has 3 rings (SSSR count). The van der Waals surface area contributed by atoms with Crippen molar-refractivity contribution < 1.29 is 28.3 Å². The van der Waals surface area contributed by atoms with Gasteiger partial charge < -0.3 is 29.3 Å². The normalized spacial score (nSPS) is 14.1. The number of nitrogens with zero attached hydrogens (tertiary/aromatic N) is 3. The zero-order valence-corrected chi connectivity index (χ0v) is 27.9. The van der Waals surface area contributed by atoms with Crippen LogP contribution in [0, 0.1) is 25.2 Å². The van der Waals surface area contributed by atoms with Crippen LogP contribution in [-0.2, 0) is 19.1 Å². The van der Waals surface area contributed by atoms with Gasteiger partial charge in [0.2, 0.25) is 11.8 Å². The lowest BCUT2D eigenvalue weighted by molar-refractivity contribution is -0.138. The van der Waals surface area contributed by atoms with E-state index in [9.17, 15) is 14.4 Å². The number of ether oxygens (including phenoxy) is 2. The zero-order chi connectivity index (χ0) is 32.8. The first kappa shape index (κ1) is 39.4. The van der Waals surface area contributed by atoms with Gasteiger partial charge in [-0.3, -0.25) is 9.59 Å². The van der Waals surface area contributed by atoms with Gasteiger partial charge in [0, 0.05) is 11.3 Å². The second kappa shape index (κ2) is 23.0. The Labute approximate surface area is 260 Å². The van der Waals surface area contributed by atoms with Gasteiger partial charge in [0.1, 0.15) is 35.3 Å². The highest BCUT2D eigenvalue weighted by Crippen LogP contribution is 2.26. The van der Waals surface area contributed by atoms with E-state index in [0.717, 1.165) is 24.1 Å². The van der Waals surface area contributed by atoms with Crippen molar-refractivity contribution in [1.29, 1.82) is 0 Å². The topological polar surface area (TPSA) is 145 Å². The van der Waals surface area contributed by atoms with Crippen LogP contribution in [0.3, 0.4) is 0 Å². The number of aldehydes is 1. The van der Waals surface area contributed by atoms with Crippen molar-refractivity contribution in [2.45, 2.75) is 92.2 Å². The van der Waals surface area contributed by atoms with Gasteiger partial charge in [-0.15, -0.1) is 23.7 Å². The number of methoxy groups -OCH3 is 2. The maximum absolute atomic E-state index is 12.6. The molecule has 1 aliphatic carbocycles. The Bertz CT molecular complexity index is 1160. The molecule has 0 saturated heterocycles. The van der Waals surface area contributed by atoms with Crippen molar-refractivity contribution in [2.24, 2.45) is 10.9 Å². The van der Waals surface area contributed by atoms with E-state index in [2.05, 4.69) is 56.5 Å². The van der Waals surface area contributed by atoms with Gasteiger partial charge in [0.05, 0.1) is 20.3 Å². The summed E-state index contributed by atoms with van der Waals surface area (Å²) in [6, 6.07) is -0.482. The molecule has 240 valence electrons. The molecule has 1 amide bonds. The molecule has 1 saturated carbocycles. The highest BCUT2D eigenvalue weighted by molar-refractivity contribution is 7.10. The summed E-state index contributed by atoms with van der Waals surface area (Å²) in [4.78, 5) is 46.8. The van der Waals surface area contributed by atoms with Crippen LogP contribution in [-0.4, -0.2) is 67.9 Å². The van der Waals surface area contributed by atoms with Crippen LogP contribution in [0.25, 0.3) is 11.6 Å². The molecular formula is C31H49N5O6S. The van der Waals surface area contributed by atoms with Crippen molar-refractivity contribution in [2.75, 3.05) is 27.8 Å². The van der Waals surface area contributed by atoms with Gasteiger partial charge in [-0.25, -0.2) is 15.0 Å². The van der Waals surface area contributed by atoms with Crippen molar-refractivity contribution in [3.05, 3.63) is 21.8 Å². The molecule has 2 aromatic heterocycles. The minimum absolute atomic E-state index is 0.102. The number of terminal acetylenes is 1. The lowest BCUT2D eigenvalue weighted by Crippen LogP contribution is -2.40. The molecule has 43 heavy (non-hydrogen) atoms. The maximum atomic E-state index is 12.6. The molecule has 0 radical (unpaired) electrons. The van der Waals surface area contributed by atoms with Crippen molar-refractivity contribution >= 4 is 35.4 Å². The average molecular weight is 620 g/mol. The van der Waals surface area contributed by atoms with Crippen LogP contribution in [0.2, 0.25) is 0 Å². The van der Waals surface area contributed by atoms with Crippen LogP contribution in [0.4, 0.5) is 0 Å². The smallest absolute Gasteiger partial charge is 0.327 e. The summed E-state index contributed by atoms with van der Waals surface area (Å²) >= 11 is 1.48. The molecular weight excluding hydrogens is 570 g/mol. The number of thiazole rings is 1. The highest BCUT2D eigenvalue weighted by atomic mass is 32.1. The fraction of sp³-hybridized carbons (Fsp3) is 0.613. The number of hydrogen-bond donors (Lipinski definition) is 2. The highest BCUT2D eigenvalue weighted by Gasteiger charge is 2.23. The molecule has 2 unspecified atom stereocenters. The minimum Gasteiger partial charge on any atom is -0.483 e. The molecule has 0 aliphatic heterocycles. The predicted octanol–water partition coefficient (Wildman–Crippen LogP) is 5.54. The number of aliphatic imine (C=N–C) groups is 1. The van der Waals surface area contributed by atoms with E-state index >= 15 is 0 Å². The predicted molar refractivity (Wildman–Crippen MR) is 171 cm³/mol. The van der Waals surface area contributed by atoms with Crippen molar-refractivity contribution in [1.82, 2.24) is 20.6 Å². The summed E-state index contributed by atoms with van der Waals surface area (Å²) in [6.45, 7) is 11.0. The zero-order valence-electron chi connectivity index (χ0n) is 27.1. The number of esters is 1. The summed E-state index contributed by atoms with van der Waals surface area (Å²) in [7, 11) is 4.53.